The van der Waals surface area contributed by atoms with Crippen molar-refractivity contribution in [2.75, 3.05) is 38.2 Å². The van der Waals surface area contributed by atoms with Crippen molar-refractivity contribution < 1.29 is 9.26 Å². The Labute approximate surface area is 118 Å². The summed E-state index contributed by atoms with van der Waals surface area (Å²) in [5, 5.41) is 7.32. The number of rotatable bonds is 4. The fraction of sp³-hybridized carbons (Fsp3) is 0.400. The first-order valence-electron chi connectivity index (χ1n) is 6.89. The van der Waals surface area contributed by atoms with Crippen molar-refractivity contribution in [3.8, 4) is 5.75 Å². The molecule has 0 atom stereocenters. The summed E-state index contributed by atoms with van der Waals surface area (Å²) in [6, 6.07) is 8.05. The average molecular weight is 273 g/mol. The topological polar surface area (TPSA) is 50.5 Å². The number of methoxy groups -OCH3 is 1. The van der Waals surface area contributed by atoms with Crippen LogP contribution in [0.4, 0.5) is 5.69 Å². The predicted molar refractivity (Wildman–Crippen MR) is 77.4 cm³/mol. The highest BCUT2D eigenvalue weighted by atomic mass is 16.5. The van der Waals surface area contributed by atoms with Crippen molar-refractivity contribution in [2.24, 2.45) is 0 Å². The van der Waals surface area contributed by atoms with E-state index in [0.717, 1.165) is 55.4 Å². The minimum atomic E-state index is 0.733. The molecule has 3 rings (SSSR count). The van der Waals surface area contributed by atoms with Gasteiger partial charge >= 0.3 is 0 Å². The van der Waals surface area contributed by atoms with Gasteiger partial charge in [0.1, 0.15) is 11.4 Å². The Hall–Kier alpha value is -2.01. The molecule has 2 heterocycles. The molecule has 1 N–H and O–H groups in total. The van der Waals surface area contributed by atoms with Gasteiger partial charge in [0.05, 0.1) is 13.3 Å². The van der Waals surface area contributed by atoms with Gasteiger partial charge in [0, 0.05) is 32.6 Å². The molecule has 1 saturated heterocycles. The number of aromatic nitrogens is 1. The fourth-order valence-electron chi connectivity index (χ4n) is 2.51. The molecular weight excluding hydrogens is 254 g/mol. The first kappa shape index (κ1) is 13.0. The fourth-order valence-corrected chi connectivity index (χ4v) is 2.51. The van der Waals surface area contributed by atoms with Crippen LogP contribution >= 0.6 is 0 Å². The predicted octanol–water partition coefficient (Wildman–Crippen LogP) is 1.68. The highest BCUT2D eigenvalue weighted by Gasteiger charge is 2.18. The minimum absolute atomic E-state index is 0.733. The molecule has 0 saturated carbocycles. The van der Waals surface area contributed by atoms with Gasteiger partial charge in [0.25, 0.3) is 0 Å². The van der Waals surface area contributed by atoms with Crippen LogP contribution in [0.1, 0.15) is 11.3 Å². The first-order valence-corrected chi connectivity index (χ1v) is 6.89. The Morgan fingerprint density at radius 3 is 3.00 bits per heavy atom. The van der Waals surface area contributed by atoms with E-state index in [1.807, 2.05) is 24.4 Å². The lowest BCUT2D eigenvalue weighted by atomic mass is 10.1. The molecule has 0 radical (unpaired) electrons. The summed E-state index contributed by atoms with van der Waals surface area (Å²) in [5.41, 5.74) is 2.27. The van der Waals surface area contributed by atoms with Crippen LogP contribution in [0.15, 0.2) is 35.0 Å². The van der Waals surface area contributed by atoms with Crippen LogP contribution in [-0.4, -0.2) is 38.4 Å². The molecule has 0 unspecified atom stereocenters. The molecule has 1 aromatic carbocycles. The van der Waals surface area contributed by atoms with Crippen LogP contribution in [0.3, 0.4) is 0 Å². The van der Waals surface area contributed by atoms with E-state index in [-0.39, 0.29) is 0 Å². The molecule has 0 spiro atoms. The quantitative estimate of drug-likeness (QED) is 0.918. The number of piperazine rings is 1. The summed E-state index contributed by atoms with van der Waals surface area (Å²) >= 11 is 0. The Morgan fingerprint density at radius 2 is 2.20 bits per heavy atom. The van der Waals surface area contributed by atoms with E-state index in [1.165, 1.54) is 0 Å². The number of ether oxygens (including phenoxy) is 1. The smallest absolute Gasteiger partial charge is 0.164 e. The average Bonchev–Trinajstić information content (AvgIpc) is 2.96. The van der Waals surface area contributed by atoms with Gasteiger partial charge < -0.3 is 19.5 Å². The summed E-state index contributed by atoms with van der Waals surface area (Å²) in [6.07, 6.45) is 2.55. The lowest BCUT2D eigenvalue weighted by molar-refractivity contribution is 0.388. The third-order valence-electron chi connectivity index (χ3n) is 3.58. The molecule has 2 aromatic rings. The van der Waals surface area contributed by atoms with E-state index >= 15 is 0 Å². The van der Waals surface area contributed by atoms with Crippen molar-refractivity contribution in [3.05, 3.63) is 41.8 Å². The summed E-state index contributed by atoms with van der Waals surface area (Å²) in [4.78, 5) is 2.32. The Bertz CT molecular complexity index is 562. The van der Waals surface area contributed by atoms with Gasteiger partial charge in [-0.3, -0.25) is 0 Å². The molecule has 5 heteroatoms. The van der Waals surface area contributed by atoms with Crippen molar-refractivity contribution in [3.63, 3.8) is 0 Å². The molecule has 106 valence electrons. The van der Waals surface area contributed by atoms with Gasteiger partial charge in [0.15, 0.2) is 5.76 Å². The van der Waals surface area contributed by atoms with Crippen molar-refractivity contribution in [1.82, 2.24) is 10.5 Å². The summed E-state index contributed by atoms with van der Waals surface area (Å²) in [6.45, 7) is 3.99. The molecular formula is C15H19N3O2. The number of hydrogen-bond donors (Lipinski definition) is 1. The molecule has 1 aromatic heterocycles. The lowest BCUT2D eigenvalue weighted by Crippen LogP contribution is -2.43. The van der Waals surface area contributed by atoms with Crippen LogP contribution in [0.2, 0.25) is 0 Å². The zero-order chi connectivity index (χ0) is 13.8. The van der Waals surface area contributed by atoms with E-state index in [4.69, 9.17) is 9.26 Å². The van der Waals surface area contributed by atoms with Crippen LogP contribution in [-0.2, 0) is 6.42 Å². The summed E-state index contributed by atoms with van der Waals surface area (Å²) in [7, 11) is 1.68. The number of benzene rings is 1. The second-order valence-corrected chi connectivity index (χ2v) is 4.90. The third-order valence-corrected chi connectivity index (χ3v) is 3.58. The van der Waals surface area contributed by atoms with Crippen molar-refractivity contribution in [1.29, 1.82) is 0 Å². The highest BCUT2D eigenvalue weighted by Crippen LogP contribution is 2.24. The SMILES string of the molecule is COc1cccc(Cc2oncc2N2CCNCC2)c1. The van der Waals surface area contributed by atoms with E-state index in [2.05, 4.69) is 21.4 Å². The minimum Gasteiger partial charge on any atom is -0.497 e. The van der Waals surface area contributed by atoms with E-state index < -0.39 is 0 Å². The molecule has 1 fully saturated rings. The Kier molecular flexibility index (Phi) is 3.87. The van der Waals surface area contributed by atoms with Crippen molar-refractivity contribution >= 4 is 5.69 Å². The number of nitrogens with one attached hydrogen (secondary N) is 1. The normalized spacial score (nSPS) is 15.3. The monoisotopic (exact) mass is 273 g/mol. The zero-order valence-corrected chi connectivity index (χ0v) is 11.6. The standard InChI is InChI=1S/C15H19N3O2/c1-19-13-4-2-3-12(9-13)10-15-14(11-17-20-15)18-7-5-16-6-8-18/h2-4,9,11,16H,5-8,10H2,1H3. The van der Waals surface area contributed by atoms with Gasteiger partial charge in [-0.2, -0.15) is 0 Å². The molecule has 20 heavy (non-hydrogen) atoms. The Morgan fingerprint density at radius 1 is 1.35 bits per heavy atom. The zero-order valence-electron chi connectivity index (χ0n) is 11.6. The van der Waals surface area contributed by atoms with Crippen LogP contribution < -0.4 is 15.0 Å². The van der Waals surface area contributed by atoms with Gasteiger partial charge in [0.2, 0.25) is 0 Å². The number of anilines is 1. The third kappa shape index (κ3) is 2.77. The summed E-state index contributed by atoms with van der Waals surface area (Å²) < 4.78 is 10.7. The van der Waals surface area contributed by atoms with E-state index in [1.54, 1.807) is 7.11 Å². The van der Waals surface area contributed by atoms with Gasteiger partial charge in [-0.15, -0.1) is 0 Å². The van der Waals surface area contributed by atoms with Gasteiger partial charge in [-0.1, -0.05) is 17.3 Å². The van der Waals surface area contributed by atoms with Crippen LogP contribution in [0.5, 0.6) is 5.75 Å². The largest absolute Gasteiger partial charge is 0.497 e. The molecule has 1 aliphatic rings. The van der Waals surface area contributed by atoms with Gasteiger partial charge in [-0.05, 0) is 17.7 Å². The van der Waals surface area contributed by atoms with E-state index in [0.29, 0.717) is 0 Å². The lowest BCUT2D eigenvalue weighted by Gasteiger charge is -2.28. The summed E-state index contributed by atoms with van der Waals surface area (Å²) in [5.74, 6) is 1.78. The molecule has 0 amide bonds. The van der Waals surface area contributed by atoms with Gasteiger partial charge in [-0.25, -0.2) is 0 Å². The second kappa shape index (κ2) is 5.96. The first-order chi connectivity index (χ1) is 9.86. The maximum absolute atomic E-state index is 5.44. The molecule has 1 aliphatic heterocycles. The maximum atomic E-state index is 5.44. The molecule has 0 bridgehead atoms. The Balaban J connectivity index is 1.78. The van der Waals surface area contributed by atoms with Crippen molar-refractivity contribution in [2.45, 2.75) is 6.42 Å². The maximum Gasteiger partial charge on any atom is 0.164 e. The van der Waals surface area contributed by atoms with E-state index in [9.17, 15) is 0 Å². The van der Waals surface area contributed by atoms with Crippen LogP contribution in [0.25, 0.3) is 0 Å². The molecule has 0 aliphatic carbocycles. The second-order valence-electron chi connectivity index (χ2n) is 4.90. The number of nitrogens with zero attached hydrogens (tertiary/aromatic N) is 2. The molecule has 5 nitrogen and oxygen atoms in total. The van der Waals surface area contributed by atoms with Crippen LogP contribution in [0, 0.1) is 0 Å². The number of hydrogen-bond acceptors (Lipinski definition) is 5. The highest BCUT2D eigenvalue weighted by molar-refractivity contribution is 5.50.